The quantitative estimate of drug-likeness (QED) is 0.873. The molecule has 1 aromatic heterocycles. The molecule has 0 aliphatic carbocycles. The van der Waals surface area contributed by atoms with Crippen molar-refractivity contribution in [3.8, 4) is 0 Å². The Hall–Kier alpha value is -0.930. The molecule has 0 bridgehead atoms. The van der Waals surface area contributed by atoms with Gasteiger partial charge >= 0.3 is 0 Å². The van der Waals surface area contributed by atoms with Crippen molar-refractivity contribution < 1.29 is 0 Å². The standard InChI is InChI=1S/C10H22N2.C5H5N/c1-5-10(4)9(3)11-7-8-12(10)6-2;1-2-4-6-5-3-1/h9,11H,5-8H2,1-4H3;1-5H. The zero-order valence-corrected chi connectivity index (χ0v) is 12.2. The number of hydrogen-bond donors (Lipinski definition) is 1. The largest absolute Gasteiger partial charge is 0.311 e. The van der Waals surface area contributed by atoms with Gasteiger partial charge in [0.05, 0.1) is 0 Å². The van der Waals surface area contributed by atoms with Crippen LogP contribution in [0.5, 0.6) is 0 Å². The lowest BCUT2D eigenvalue weighted by atomic mass is 9.86. The monoisotopic (exact) mass is 249 g/mol. The minimum Gasteiger partial charge on any atom is -0.311 e. The molecule has 1 N–H and O–H groups in total. The molecule has 18 heavy (non-hydrogen) atoms. The second kappa shape index (κ2) is 7.49. The van der Waals surface area contributed by atoms with Crippen molar-refractivity contribution >= 4 is 0 Å². The van der Waals surface area contributed by atoms with Crippen LogP contribution < -0.4 is 5.32 Å². The molecular formula is C15H27N3. The van der Waals surface area contributed by atoms with E-state index in [9.17, 15) is 0 Å². The topological polar surface area (TPSA) is 28.2 Å². The molecule has 0 amide bonds. The zero-order chi connectivity index (χ0) is 13.4. The van der Waals surface area contributed by atoms with Gasteiger partial charge in [-0.25, -0.2) is 0 Å². The van der Waals surface area contributed by atoms with Crippen LogP contribution in [-0.2, 0) is 0 Å². The maximum absolute atomic E-state index is 3.78. The molecule has 3 nitrogen and oxygen atoms in total. The van der Waals surface area contributed by atoms with E-state index in [-0.39, 0.29) is 0 Å². The highest BCUT2D eigenvalue weighted by atomic mass is 15.3. The van der Waals surface area contributed by atoms with E-state index in [1.807, 2.05) is 18.2 Å². The Morgan fingerprint density at radius 1 is 1.28 bits per heavy atom. The Morgan fingerprint density at radius 2 is 1.94 bits per heavy atom. The first-order chi connectivity index (χ1) is 8.65. The van der Waals surface area contributed by atoms with E-state index in [1.54, 1.807) is 12.4 Å². The summed E-state index contributed by atoms with van der Waals surface area (Å²) < 4.78 is 0. The number of nitrogens with one attached hydrogen (secondary N) is 1. The summed E-state index contributed by atoms with van der Waals surface area (Å²) in [5.74, 6) is 0. The summed E-state index contributed by atoms with van der Waals surface area (Å²) in [4.78, 5) is 6.38. The van der Waals surface area contributed by atoms with E-state index in [0.717, 1.165) is 6.54 Å². The summed E-state index contributed by atoms with van der Waals surface area (Å²) in [5.41, 5.74) is 0.368. The average Bonchev–Trinajstić information content (AvgIpc) is 2.44. The first kappa shape index (κ1) is 15.1. The number of nitrogens with zero attached hydrogens (tertiary/aromatic N) is 2. The summed E-state index contributed by atoms with van der Waals surface area (Å²) in [6, 6.07) is 6.34. The van der Waals surface area contributed by atoms with E-state index in [1.165, 1.54) is 19.5 Å². The van der Waals surface area contributed by atoms with Crippen molar-refractivity contribution in [3.63, 3.8) is 0 Å². The van der Waals surface area contributed by atoms with E-state index < -0.39 is 0 Å². The first-order valence-electron chi connectivity index (χ1n) is 6.98. The van der Waals surface area contributed by atoms with Crippen molar-refractivity contribution in [2.45, 2.75) is 45.7 Å². The fourth-order valence-corrected chi connectivity index (χ4v) is 2.53. The lowest BCUT2D eigenvalue weighted by molar-refractivity contribution is 0.0417. The Bertz CT molecular complexity index is 288. The number of piperazine rings is 1. The van der Waals surface area contributed by atoms with Crippen molar-refractivity contribution in [2.75, 3.05) is 19.6 Å². The molecule has 2 rings (SSSR count). The highest BCUT2D eigenvalue weighted by molar-refractivity contribution is 4.97. The van der Waals surface area contributed by atoms with E-state index in [0.29, 0.717) is 11.6 Å². The normalized spacial score (nSPS) is 28.3. The average molecular weight is 249 g/mol. The van der Waals surface area contributed by atoms with Gasteiger partial charge in [-0.05, 0) is 38.9 Å². The molecular weight excluding hydrogens is 222 g/mol. The SMILES string of the molecule is CCN1CCNC(C)C1(C)CC.c1ccncc1. The third-order valence-electron chi connectivity index (χ3n) is 4.15. The molecule has 2 unspecified atom stereocenters. The predicted octanol–water partition coefficient (Wildman–Crippen LogP) is 2.55. The van der Waals surface area contributed by atoms with Crippen LogP contribution in [-0.4, -0.2) is 41.1 Å². The molecule has 2 heterocycles. The van der Waals surface area contributed by atoms with E-state index in [2.05, 4.69) is 42.9 Å². The van der Waals surface area contributed by atoms with Gasteiger partial charge in [0.2, 0.25) is 0 Å². The van der Waals surface area contributed by atoms with Crippen LogP contribution in [0.25, 0.3) is 0 Å². The first-order valence-corrected chi connectivity index (χ1v) is 6.98. The molecule has 2 atom stereocenters. The molecule has 1 aromatic rings. The molecule has 1 aliphatic heterocycles. The smallest absolute Gasteiger partial charge is 0.0329 e. The zero-order valence-electron chi connectivity index (χ0n) is 12.2. The van der Waals surface area contributed by atoms with Gasteiger partial charge in [0.15, 0.2) is 0 Å². The molecule has 0 aromatic carbocycles. The second-order valence-electron chi connectivity index (χ2n) is 4.99. The Kier molecular flexibility index (Phi) is 6.30. The van der Waals surface area contributed by atoms with Crippen molar-refractivity contribution in [2.24, 2.45) is 0 Å². The minimum atomic E-state index is 0.368. The van der Waals surface area contributed by atoms with E-state index >= 15 is 0 Å². The van der Waals surface area contributed by atoms with Crippen LogP contribution >= 0.6 is 0 Å². The summed E-state index contributed by atoms with van der Waals surface area (Å²) in [6.07, 6.45) is 4.73. The van der Waals surface area contributed by atoms with Crippen LogP contribution in [0, 0.1) is 0 Å². The maximum atomic E-state index is 3.78. The van der Waals surface area contributed by atoms with Crippen LogP contribution in [0.1, 0.15) is 34.1 Å². The Balaban J connectivity index is 0.000000225. The van der Waals surface area contributed by atoms with Gasteiger partial charge in [0, 0.05) is 37.1 Å². The van der Waals surface area contributed by atoms with Gasteiger partial charge in [-0.1, -0.05) is 19.9 Å². The summed E-state index contributed by atoms with van der Waals surface area (Å²) in [5, 5.41) is 3.55. The third kappa shape index (κ3) is 3.79. The number of likely N-dealkylation sites (N-methyl/N-ethyl adjacent to an activating group) is 1. The summed E-state index contributed by atoms with van der Waals surface area (Å²) in [6.45, 7) is 12.7. The van der Waals surface area contributed by atoms with E-state index in [4.69, 9.17) is 0 Å². The summed E-state index contributed by atoms with van der Waals surface area (Å²) >= 11 is 0. The fraction of sp³-hybridized carbons (Fsp3) is 0.667. The molecule has 1 saturated heterocycles. The fourth-order valence-electron chi connectivity index (χ4n) is 2.53. The Morgan fingerprint density at radius 3 is 2.28 bits per heavy atom. The number of aromatic nitrogens is 1. The number of pyridine rings is 1. The molecule has 0 spiro atoms. The molecule has 0 radical (unpaired) electrons. The molecule has 3 heteroatoms. The van der Waals surface area contributed by atoms with Crippen LogP contribution in [0.4, 0.5) is 0 Å². The van der Waals surface area contributed by atoms with Gasteiger partial charge in [-0.15, -0.1) is 0 Å². The second-order valence-corrected chi connectivity index (χ2v) is 4.99. The minimum absolute atomic E-state index is 0.368. The van der Waals surface area contributed by atoms with Gasteiger partial charge < -0.3 is 5.32 Å². The molecule has 1 fully saturated rings. The van der Waals surface area contributed by atoms with Gasteiger partial charge in [0.1, 0.15) is 0 Å². The molecule has 1 aliphatic rings. The molecule has 0 saturated carbocycles. The number of hydrogen-bond acceptors (Lipinski definition) is 3. The lowest BCUT2D eigenvalue weighted by Crippen LogP contribution is -2.64. The highest BCUT2D eigenvalue weighted by Gasteiger charge is 2.37. The van der Waals surface area contributed by atoms with Crippen LogP contribution in [0.2, 0.25) is 0 Å². The van der Waals surface area contributed by atoms with Gasteiger partial charge in [-0.2, -0.15) is 0 Å². The van der Waals surface area contributed by atoms with Crippen LogP contribution in [0.15, 0.2) is 30.6 Å². The lowest BCUT2D eigenvalue weighted by Gasteiger charge is -2.49. The molecule has 102 valence electrons. The maximum Gasteiger partial charge on any atom is 0.0329 e. The highest BCUT2D eigenvalue weighted by Crippen LogP contribution is 2.25. The van der Waals surface area contributed by atoms with Crippen LogP contribution in [0.3, 0.4) is 0 Å². The number of rotatable bonds is 2. The van der Waals surface area contributed by atoms with Gasteiger partial charge in [0.25, 0.3) is 0 Å². The predicted molar refractivity (Wildman–Crippen MR) is 77.6 cm³/mol. The van der Waals surface area contributed by atoms with Crippen molar-refractivity contribution in [3.05, 3.63) is 30.6 Å². The summed E-state index contributed by atoms with van der Waals surface area (Å²) in [7, 11) is 0. The van der Waals surface area contributed by atoms with Crippen molar-refractivity contribution in [1.82, 2.24) is 15.2 Å². The van der Waals surface area contributed by atoms with Crippen molar-refractivity contribution in [1.29, 1.82) is 0 Å². The Labute approximate surface area is 112 Å². The third-order valence-corrected chi connectivity index (χ3v) is 4.15. The van der Waals surface area contributed by atoms with Gasteiger partial charge in [-0.3, -0.25) is 9.88 Å².